The first-order chi connectivity index (χ1) is 15.7. The minimum atomic E-state index is -1.000. The second kappa shape index (κ2) is 8.00. The zero-order chi connectivity index (χ0) is 22.1. The molecule has 5 rings (SSSR count). The topological polar surface area (TPSA) is 64.1 Å². The van der Waals surface area contributed by atoms with Crippen molar-refractivity contribution in [3.8, 4) is 17.0 Å². The lowest BCUT2D eigenvalue weighted by atomic mass is 9.75. The Balaban J connectivity index is 1.91. The van der Waals surface area contributed by atoms with Gasteiger partial charge in [0.15, 0.2) is 5.60 Å². The monoisotopic (exact) mass is 424 g/mol. The van der Waals surface area contributed by atoms with Gasteiger partial charge >= 0.3 is 5.69 Å². The number of aromatic nitrogens is 2. The summed E-state index contributed by atoms with van der Waals surface area (Å²) in [6, 6.07) is 27.7. The first-order valence-electron chi connectivity index (χ1n) is 10.9. The van der Waals surface area contributed by atoms with Gasteiger partial charge in [0.05, 0.1) is 0 Å². The van der Waals surface area contributed by atoms with Gasteiger partial charge in [0.2, 0.25) is 5.88 Å². The molecule has 1 N–H and O–H groups in total. The van der Waals surface area contributed by atoms with Crippen LogP contribution >= 0.6 is 0 Å². The van der Waals surface area contributed by atoms with Crippen molar-refractivity contribution in [2.75, 3.05) is 0 Å². The second-order valence-electron chi connectivity index (χ2n) is 8.01. The van der Waals surface area contributed by atoms with Gasteiger partial charge in [-0.15, -0.1) is 0 Å². The molecule has 3 aromatic carbocycles. The highest BCUT2D eigenvalue weighted by molar-refractivity contribution is 5.77. The maximum Gasteiger partial charge on any atom is 0.331 e. The van der Waals surface area contributed by atoms with Crippen LogP contribution in [0.3, 0.4) is 0 Å². The minimum Gasteiger partial charge on any atom is -0.457 e. The molecule has 4 aromatic rings. The molecule has 0 fully saturated rings. The molecule has 0 saturated carbocycles. The summed E-state index contributed by atoms with van der Waals surface area (Å²) in [6.07, 6.45) is 1.71. The maximum absolute atomic E-state index is 13.0. The van der Waals surface area contributed by atoms with Crippen molar-refractivity contribution in [3.63, 3.8) is 0 Å². The predicted molar refractivity (Wildman–Crippen MR) is 125 cm³/mol. The summed E-state index contributed by atoms with van der Waals surface area (Å²) >= 11 is 0. The minimum absolute atomic E-state index is 0.318. The van der Waals surface area contributed by atoms with Gasteiger partial charge in [0, 0.05) is 28.8 Å². The molecule has 0 atom stereocenters. The normalized spacial score (nSPS) is 13.7. The number of unbranched alkanes of at least 4 members (excludes halogenated alkanes) is 1. The largest absolute Gasteiger partial charge is 0.457 e. The smallest absolute Gasteiger partial charge is 0.331 e. The first kappa shape index (κ1) is 20.1. The van der Waals surface area contributed by atoms with E-state index in [-0.39, 0.29) is 0 Å². The van der Waals surface area contributed by atoms with Gasteiger partial charge in [-0.1, -0.05) is 98.3 Å². The number of hydrogen-bond acceptors (Lipinski definition) is 3. The van der Waals surface area contributed by atoms with Crippen molar-refractivity contribution < 1.29 is 4.74 Å². The quantitative estimate of drug-likeness (QED) is 0.506. The fourth-order valence-electron chi connectivity index (χ4n) is 4.56. The molecule has 0 amide bonds. The molecule has 1 aliphatic rings. The molecule has 0 spiro atoms. The van der Waals surface area contributed by atoms with Gasteiger partial charge < -0.3 is 4.74 Å². The molecule has 160 valence electrons. The molecular formula is C27H24N2O3. The van der Waals surface area contributed by atoms with Crippen molar-refractivity contribution in [3.05, 3.63) is 122 Å². The van der Waals surface area contributed by atoms with Gasteiger partial charge in [-0.3, -0.25) is 14.3 Å². The highest BCUT2D eigenvalue weighted by atomic mass is 16.5. The van der Waals surface area contributed by atoms with E-state index in [9.17, 15) is 9.59 Å². The van der Waals surface area contributed by atoms with Gasteiger partial charge in [-0.25, -0.2) is 4.79 Å². The van der Waals surface area contributed by atoms with Crippen LogP contribution in [0.15, 0.2) is 94.5 Å². The van der Waals surface area contributed by atoms with E-state index in [2.05, 4.69) is 11.9 Å². The van der Waals surface area contributed by atoms with Crippen LogP contribution < -0.4 is 16.0 Å². The number of benzene rings is 3. The Kier molecular flexibility index (Phi) is 5.02. The third-order valence-electron chi connectivity index (χ3n) is 6.07. The van der Waals surface area contributed by atoms with Crippen LogP contribution in [0.1, 0.15) is 36.5 Å². The Labute approximate surface area is 186 Å². The number of hydrogen-bond donors (Lipinski definition) is 1. The van der Waals surface area contributed by atoms with E-state index in [4.69, 9.17) is 4.74 Å². The Bertz CT molecular complexity index is 1330. The summed E-state index contributed by atoms with van der Waals surface area (Å²) < 4.78 is 8.42. The number of fused-ring (bicyclic) bond motifs is 3. The fourth-order valence-corrected chi connectivity index (χ4v) is 4.56. The summed E-state index contributed by atoms with van der Waals surface area (Å²) in [5.41, 5.74) is 2.03. The summed E-state index contributed by atoms with van der Waals surface area (Å²) in [5.74, 6) is 0.318. The standard InChI is InChI=1S/C27H24N2O3/c1-2-3-18-29-25-23(24(30)28-26(29)31)21-16-10-11-17-22(21)27(32-25,19-12-6-4-7-13-19)20-14-8-5-9-15-20/h4-17H,2-3,18H2,1H3,(H,28,30,31). The molecule has 32 heavy (non-hydrogen) atoms. The van der Waals surface area contributed by atoms with Crippen molar-refractivity contribution in [1.29, 1.82) is 0 Å². The van der Waals surface area contributed by atoms with E-state index in [1.54, 1.807) is 4.57 Å². The Hall–Kier alpha value is -3.86. The van der Waals surface area contributed by atoms with Crippen molar-refractivity contribution >= 4 is 0 Å². The predicted octanol–water partition coefficient (Wildman–Crippen LogP) is 4.69. The number of ether oxygens (including phenoxy) is 1. The lowest BCUT2D eigenvalue weighted by Gasteiger charge is -2.41. The van der Waals surface area contributed by atoms with Crippen LogP contribution in [0, 0.1) is 0 Å². The molecule has 0 bridgehead atoms. The van der Waals surface area contributed by atoms with Crippen LogP contribution in [0.5, 0.6) is 5.88 Å². The van der Waals surface area contributed by atoms with Gasteiger partial charge in [0.1, 0.15) is 5.56 Å². The molecule has 1 aromatic heterocycles. The summed E-state index contributed by atoms with van der Waals surface area (Å²) in [5, 5.41) is 0. The average molecular weight is 425 g/mol. The fraction of sp³-hybridized carbons (Fsp3) is 0.185. The molecule has 5 heteroatoms. The zero-order valence-corrected chi connectivity index (χ0v) is 17.9. The van der Waals surface area contributed by atoms with Crippen LogP contribution in [0.4, 0.5) is 0 Å². The Morgan fingerprint density at radius 3 is 2.06 bits per heavy atom. The van der Waals surface area contributed by atoms with Crippen LogP contribution in [0.2, 0.25) is 0 Å². The van der Waals surface area contributed by atoms with Crippen molar-refractivity contribution in [1.82, 2.24) is 9.55 Å². The lowest BCUT2D eigenvalue weighted by molar-refractivity contribution is 0.133. The van der Waals surface area contributed by atoms with Gasteiger partial charge in [-0.2, -0.15) is 0 Å². The highest BCUT2D eigenvalue weighted by Crippen LogP contribution is 2.49. The molecule has 0 radical (unpaired) electrons. The second-order valence-corrected chi connectivity index (χ2v) is 8.01. The summed E-state index contributed by atoms with van der Waals surface area (Å²) in [6.45, 7) is 2.54. The van der Waals surface area contributed by atoms with E-state index < -0.39 is 16.9 Å². The summed E-state index contributed by atoms with van der Waals surface area (Å²) in [7, 11) is 0. The molecule has 0 saturated heterocycles. The molecule has 2 heterocycles. The van der Waals surface area contributed by atoms with Crippen molar-refractivity contribution in [2.24, 2.45) is 0 Å². The molecular weight excluding hydrogens is 400 g/mol. The van der Waals surface area contributed by atoms with Crippen LogP contribution in [-0.2, 0) is 12.1 Å². The van der Waals surface area contributed by atoms with Gasteiger partial charge in [-0.05, 0) is 6.42 Å². The molecule has 1 aliphatic heterocycles. The molecule has 0 aliphatic carbocycles. The SMILES string of the molecule is CCCCn1c2c(c(=O)[nH]c1=O)-c1ccccc1C(c1ccccc1)(c1ccccc1)O2. The van der Waals surface area contributed by atoms with E-state index in [1.807, 2.05) is 84.9 Å². The van der Waals surface area contributed by atoms with Gasteiger partial charge in [0.25, 0.3) is 5.56 Å². The average Bonchev–Trinajstić information content (AvgIpc) is 2.84. The third-order valence-corrected chi connectivity index (χ3v) is 6.07. The van der Waals surface area contributed by atoms with E-state index in [0.29, 0.717) is 18.0 Å². The first-order valence-corrected chi connectivity index (χ1v) is 10.9. The Morgan fingerprint density at radius 2 is 1.44 bits per heavy atom. The molecule has 5 nitrogen and oxygen atoms in total. The highest BCUT2D eigenvalue weighted by Gasteiger charge is 2.46. The number of aromatic amines is 1. The van der Waals surface area contributed by atoms with E-state index in [0.717, 1.165) is 35.1 Å². The number of rotatable bonds is 5. The number of nitrogens with zero attached hydrogens (tertiary/aromatic N) is 1. The van der Waals surface area contributed by atoms with E-state index in [1.165, 1.54) is 0 Å². The Morgan fingerprint density at radius 1 is 0.844 bits per heavy atom. The van der Waals surface area contributed by atoms with Crippen molar-refractivity contribution in [2.45, 2.75) is 31.9 Å². The summed E-state index contributed by atoms with van der Waals surface area (Å²) in [4.78, 5) is 28.3. The third kappa shape index (κ3) is 3.01. The van der Waals surface area contributed by atoms with E-state index >= 15 is 0 Å². The lowest BCUT2D eigenvalue weighted by Crippen LogP contribution is -2.43. The van der Waals surface area contributed by atoms with Crippen LogP contribution in [0.25, 0.3) is 11.1 Å². The maximum atomic E-state index is 13.0. The molecule has 0 unspecified atom stereocenters. The number of H-pyrrole nitrogens is 1. The zero-order valence-electron chi connectivity index (χ0n) is 17.9. The number of nitrogens with one attached hydrogen (secondary N) is 1. The van der Waals surface area contributed by atoms with Crippen LogP contribution in [-0.4, -0.2) is 9.55 Å².